The van der Waals surface area contributed by atoms with Crippen LogP contribution in [0.5, 0.6) is 0 Å². The topological polar surface area (TPSA) is 124 Å². The van der Waals surface area contributed by atoms with E-state index in [4.69, 9.17) is 0 Å². The summed E-state index contributed by atoms with van der Waals surface area (Å²) in [6, 6.07) is 20.1. The number of nitrogens with zero attached hydrogens (tertiary/aromatic N) is 2. The second-order valence-corrected chi connectivity index (χ2v) is 6.36. The molecule has 0 aliphatic carbocycles. The first kappa shape index (κ1) is 18.9. The summed E-state index contributed by atoms with van der Waals surface area (Å²) in [6.45, 7) is 0. The standard InChI is InChI=1S/C22H16N4O4/c27-21(28)13-7-1-3-9-15(13)23-19-20(26-18-12-6-5-11-17(18)25-19)24-16-10-4-2-8-14(16)22(29)30/h1-12H,(H,23,25)(H,24,26)(H,27,28)(H,29,30). The minimum absolute atomic E-state index is 0.0735. The van der Waals surface area contributed by atoms with Crippen molar-refractivity contribution < 1.29 is 19.8 Å². The SMILES string of the molecule is O=C(O)c1ccccc1Nc1nc2ccccc2nc1Nc1ccccc1C(=O)O. The number of aromatic carboxylic acids is 2. The molecule has 0 aliphatic heterocycles. The second-order valence-electron chi connectivity index (χ2n) is 6.36. The molecule has 0 fully saturated rings. The highest BCUT2D eigenvalue weighted by molar-refractivity contribution is 5.97. The molecule has 1 heterocycles. The number of anilines is 4. The summed E-state index contributed by atoms with van der Waals surface area (Å²) in [5, 5.41) is 25.0. The molecule has 148 valence electrons. The fraction of sp³-hybridized carbons (Fsp3) is 0. The molecule has 0 unspecified atom stereocenters. The van der Waals surface area contributed by atoms with Crippen molar-refractivity contribution in [1.82, 2.24) is 9.97 Å². The van der Waals surface area contributed by atoms with Crippen LogP contribution in [-0.2, 0) is 0 Å². The van der Waals surface area contributed by atoms with Gasteiger partial charge in [0, 0.05) is 0 Å². The molecule has 4 aromatic rings. The summed E-state index contributed by atoms with van der Waals surface area (Å²) in [5.74, 6) is -1.64. The number of benzene rings is 3. The van der Waals surface area contributed by atoms with Crippen molar-refractivity contribution in [2.24, 2.45) is 0 Å². The van der Waals surface area contributed by atoms with Gasteiger partial charge in [0.25, 0.3) is 0 Å². The monoisotopic (exact) mass is 400 g/mol. The molecule has 30 heavy (non-hydrogen) atoms. The summed E-state index contributed by atoms with van der Waals surface area (Å²) in [5.41, 5.74) is 2.02. The third-order valence-electron chi connectivity index (χ3n) is 4.39. The third-order valence-corrected chi connectivity index (χ3v) is 4.39. The minimum Gasteiger partial charge on any atom is -0.478 e. The van der Waals surface area contributed by atoms with Crippen LogP contribution in [0.25, 0.3) is 11.0 Å². The first-order valence-electron chi connectivity index (χ1n) is 8.98. The molecule has 0 saturated carbocycles. The number of para-hydroxylation sites is 4. The molecular weight excluding hydrogens is 384 g/mol. The Bertz CT molecular complexity index is 1170. The predicted octanol–water partition coefficient (Wildman–Crippen LogP) is 4.51. The maximum atomic E-state index is 11.6. The van der Waals surface area contributed by atoms with Gasteiger partial charge in [0.15, 0.2) is 11.6 Å². The van der Waals surface area contributed by atoms with Gasteiger partial charge >= 0.3 is 11.9 Å². The van der Waals surface area contributed by atoms with Gasteiger partial charge in [-0.3, -0.25) is 0 Å². The maximum absolute atomic E-state index is 11.6. The number of carboxylic acids is 2. The molecule has 0 spiro atoms. The van der Waals surface area contributed by atoms with Crippen LogP contribution in [0.2, 0.25) is 0 Å². The predicted molar refractivity (Wildman–Crippen MR) is 113 cm³/mol. The van der Waals surface area contributed by atoms with Crippen LogP contribution in [0.3, 0.4) is 0 Å². The number of aromatic nitrogens is 2. The second kappa shape index (κ2) is 7.88. The quantitative estimate of drug-likeness (QED) is 0.372. The Balaban J connectivity index is 1.83. The van der Waals surface area contributed by atoms with Crippen molar-refractivity contribution in [1.29, 1.82) is 0 Å². The minimum atomic E-state index is -1.09. The third kappa shape index (κ3) is 3.74. The molecule has 4 N–H and O–H groups in total. The van der Waals surface area contributed by atoms with E-state index in [2.05, 4.69) is 20.6 Å². The van der Waals surface area contributed by atoms with E-state index in [0.717, 1.165) is 0 Å². The number of carboxylic acid groups (broad SMARTS) is 2. The van der Waals surface area contributed by atoms with Gasteiger partial charge in [-0.05, 0) is 36.4 Å². The Hall–Kier alpha value is -4.46. The van der Waals surface area contributed by atoms with E-state index in [1.54, 1.807) is 48.5 Å². The van der Waals surface area contributed by atoms with Crippen LogP contribution in [0.15, 0.2) is 72.8 Å². The first-order valence-corrected chi connectivity index (χ1v) is 8.98. The lowest BCUT2D eigenvalue weighted by Gasteiger charge is -2.15. The van der Waals surface area contributed by atoms with Crippen LogP contribution in [0.4, 0.5) is 23.0 Å². The van der Waals surface area contributed by atoms with Crippen LogP contribution in [0.1, 0.15) is 20.7 Å². The molecule has 8 nitrogen and oxygen atoms in total. The largest absolute Gasteiger partial charge is 0.478 e. The van der Waals surface area contributed by atoms with E-state index in [-0.39, 0.29) is 22.8 Å². The van der Waals surface area contributed by atoms with E-state index in [1.807, 2.05) is 12.1 Å². The zero-order chi connectivity index (χ0) is 21.1. The van der Waals surface area contributed by atoms with E-state index in [1.165, 1.54) is 12.1 Å². The highest BCUT2D eigenvalue weighted by Gasteiger charge is 2.16. The van der Waals surface area contributed by atoms with Gasteiger partial charge in [-0.1, -0.05) is 36.4 Å². The molecule has 1 aromatic heterocycles. The summed E-state index contributed by atoms with van der Waals surface area (Å²) in [7, 11) is 0. The highest BCUT2D eigenvalue weighted by Crippen LogP contribution is 2.30. The highest BCUT2D eigenvalue weighted by atomic mass is 16.4. The van der Waals surface area contributed by atoms with Crippen molar-refractivity contribution in [2.75, 3.05) is 10.6 Å². The molecule has 0 bridgehead atoms. The van der Waals surface area contributed by atoms with Gasteiger partial charge in [0.1, 0.15) is 0 Å². The van der Waals surface area contributed by atoms with Gasteiger partial charge in [0.05, 0.1) is 33.5 Å². The molecular formula is C22H16N4O4. The lowest BCUT2D eigenvalue weighted by atomic mass is 10.1. The maximum Gasteiger partial charge on any atom is 0.337 e. The molecule has 0 radical (unpaired) electrons. The molecule has 0 aliphatic rings. The van der Waals surface area contributed by atoms with Gasteiger partial charge in [-0.2, -0.15) is 0 Å². The van der Waals surface area contributed by atoms with Crippen molar-refractivity contribution in [3.05, 3.63) is 83.9 Å². The van der Waals surface area contributed by atoms with Crippen molar-refractivity contribution in [3.8, 4) is 0 Å². The summed E-state index contributed by atoms with van der Waals surface area (Å²) in [6.07, 6.45) is 0. The average molecular weight is 400 g/mol. The van der Waals surface area contributed by atoms with Crippen LogP contribution < -0.4 is 10.6 Å². The number of nitrogens with one attached hydrogen (secondary N) is 2. The fourth-order valence-electron chi connectivity index (χ4n) is 2.99. The Morgan fingerprint density at radius 1 is 0.600 bits per heavy atom. The van der Waals surface area contributed by atoms with Crippen molar-refractivity contribution >= 4 is 46.0 Å². The number of rotatable bonds is 6. The van der Waals surface area contributed by atoms with Gasteiger partial charge in [-0.25, -0.2) is 19.6 Å². The number of fused-ring (bicyclic) bond motifs is 1. The van der Waals surface area contributed by atoms with Crippen LogP contribution in [0, 0.1) is 0 Å². The molecule has 0 amide bonds. The first-order chi connectivity index (χ1) is 14.5. The zero-order valence-electron chi connectivity index (χ0n) is 15.5. The van der Waals surface area contributed by atoms with Gasteiger partial charge < -0.3 is 20.8 Å². The summed E-state index contributed by atoms with van der Waals surface area (Å²) in [4.78, 5) is 32.3. The Morgan fingerprint density at radius 2 is 0.967 bits per heavy atom. The van der Waals surface area contributed by atoms with Gasteiger partial charge in [-0.15, -0.1) is 0 Å². The smallest absolute Gasteiger partial charge is 0.337 e. The summed E-state index contributed by atoms with van der Waals surface area (Å²) < 4.78 is 0. The Morgan fingerprint density at radius 3 is 1.37 bits per heavy atom. The lowest BCUT2D eigenvalue weighted by molar-refractivity contribution is 0.0687. The van der Waals surface area contributed by atoms with Crippen LogP contribution in [-0.4, -0.2) is 32.1 Å². The number of hydrogen-bond donors (Lipinski definition) is 4. The van der Waals surface area contributed by atoms with E-state index in [9.17, 15) is 19.8 Å². The van der Waals surface area contributed by atoms with E-state index < -0.39 is 11.9 Å². The molecule has 8 heteroatoms. The van der Waals surface area contributed by atoms with Crippen molar-refractivity contribution in [3.63, 3.8) is 0 Å². The van der Waals surface area contributed by atoms with E-state index >= 15 is 0 Å². The fourth-order valence-corrected chi connectivity index (χ4v) is 2.99. The average Bonchev–Trinajstić information content (AvgIpc) is 2.74. The van der Waals surface area contributed by atoms with E-state index in [0.29, 0.717) is 22.4 Å². The number of hydrogen-bond acceptors (Lipinski definition) is 6. The zero-order valence-corrected chi connectivity index (χ0v) is 15.5. The normalized spacial score (nSPS) is 10.5. The molecule has 0 saturated heterocycles. The summed E-state index contributed by atoms with van der Waals surface area (Å²) >= 11 is 0. The molecule has 4 rings (SSSR count). The van der Waals surface area contributed by atoms with Crippen LogP contribution >= 0.6 is 0 Å². The van der Waals surface area contributed by atoms with Gasteiger partial charge in [0.2, 0.25) is 0 Å². The Kier molecular flexibility index (Phi) is 4.96. The number of carbonyl (C=O) groups is 2. The lowest BCUT2D eigenvalue weighted by Crippen LogP contribution is -2.08. The molecule has 0 atom stereocenters. The Labute approximate surface area is 170 Å². The van der Waals surface area contributed by atoms with Crippen molar-refractivity contribution in [2.45, 2.75) is 0 Å². The molecule has 3 aromatic carbocycles.